The van der Waals surface area contributed by atoms with Crippen molar-refractivity contribution in [3.05, 3.63) is 28.3 Å². The van der Waals surface area contributed by atoms with Crippen LogP contribution in [-0.4, -0.2) is 27.4 Å². The number of aromatic nitrogens is 1. The van der Waals surface area contributed by atoms with E-state index in [0.717, 1.165) is 56.3 Å². The monoisotopic (exact) mass is 553 g/mol. The maximum absolute atomic E-state index is 14.2. The van der Waals surface area contributed by atoms with Crippen molar-refractivity contribution in [1.82, 2.24) is 4.98 Å². The van der Waals surface area contributed by atoms with E-state index in [4.69, 9.17) is 0 Å². The summed E-state index contributed by atoms with van der Waals surface area (Å²) in [4.78, 5) is 4.12. The molecule has 0 saturated heterocycles. The first-order valence-corrected chi connectivity index (χ1v) is 15.3. The second-order valence-electron chi connectivity index (χ2n) is 13.4. The van der Waals surface area contributed by atoms with Gasteiger partial charge in [0.1, 0.15) is 5.52 Å². The second-order valence-corrected chi connectivity index (χ2v) is 14.5. The van der Waals surface area contributed by atoms with Crippen LogP contribution in [0.4, 0.5) is 17.6 Å². The molecule has 1 heterocycles. The van der Waals surface area contributed by atoms with Gasteiger partial charge in [0.05, 0.1) is 21.9 Å². The first-order chi connectivity index (χ1) is 18.0. The summed E-state index contributed by atoms with van der Waals surface area (Å²) in [5.41, 5.74) is -0.407. The molecule has 1 aromatic heterocycles. The lowest BCUT2D eigenvalue weighted by molar-refractivity contribution is -0.174. The van der Waals surface area contributed by atoms with E-state index in [9.17, 15) is 27.8 Å². The predicted molar refractivity (Wildman–Crippen MR) is 140 cm³/mol. The highest BCUT2D eigenvalue weighted by Crippen LogP contribution is 2.68. The highest BCUT2D eigenvalue weighted by atomic mass is 32.1. The van der Waals surface area contributed by atoms with Crippen molar-refractivity contribution in [3.8, 4) is 0 Å². The SMILES string of the molecule is CC(CCc1nc2c(F)c(F)c(F)c(F)c2s1)[C@H]1CC[C@H]2[C@@H]3CC[C@@H]4C[C@H](O)CC[C@]4(C)[C@H]3C[C@H](O)[C@]12C. The van der Waals surface area contributed by atoms with Gasteiger partial charge in [-0.05, 0) is 111 Å². The lowest BCUT2D eigenvalue weighted by Crippen LogP contribution is -2.58. The molecule has 4 saturated carbocycles. The Bertz CT molecular complexity index is 1190. The number of benzene rings is 1. The van der Waals surface area contributed by atoms with E-state index < -0.39 is 28.8 Å². The van der Waals surface area contributed by atoms with E-state index in [2.05, 4.69) is 25.8 Å². The fraction of sp³-hybridized carbons (Fsp3) is 0.767. The quantitative estimate of drug-likeness (QED) is 0.236. The molecule has 38 heavy (non-hydrogen) atoms. The Hall–Kier alpha value is -1.25. The number of hydrogen-bond donors (Lipinski definition) is 2. The Morgan fingerprint density at radius 2 is 1.66 bits per heavy atom. The van der Waals surface area contributed by atoms with Gasteiger partial charge in [-0.25, -0.2) is 22.5 Å². The van der Waals surface area contributed by atoms with Gasteiger partial charge in [-0.2, -0.15) is 0 Å². The summed E-state index contributed by atoms with van der Waals surface area (Å²) in [5, 5.41) is 22.5. The fourth-order valence-corrected chi connectivity index (χ4v) is 10.9. The van der Waals surface area contributed by atoms with Crippen LogP contribution >= 0.6 is 11.3 Å². The van der Waals surface area contributed by atoms with Gasteiger partial charge in [0.25, 0.3) is 0 Å². The minimum absolute atomic E-state index is 0.171. The zero-order valence-corrected chi connectivity index (χ0v) is 23.3. The molecule has 0 radical (unpaired) electrons. The third kappa shape index (κ3) is 3.82. The normalized spacial score (nSPS) is 41.6. The van der Waals surface area contributed by atoms with E-state index in [1.807, 2.05) is 0 Å². The average Bonchev–Trinajstić information content (AvgIpc) is 3.48. The molecule has 4 aliphatic rings. The Kier molecular flexibility index (Phi) is 6.67. The summed E-state index contributed by atoms with van der Waals surface area (Å²) in [7, 11) is 0. The molecule has 0 bridgehead atoms. The van der Waals surface area contributed by atoms with Gasteiger partial charge in [-0.3, -0.25) is 0 Å². The van der Waals surface area contributed by atoms with Gasteiger partial charge >= 0.3 is 0 Å². The number of rotatable bonds is 4. The Morgan fingerprint density at radius 3 is 2.42 bits per heavy atom. The van der Waals surface area contributed by atoms with Crippen molar-refractivity contribution in [3.63, 3.8) is 0 Å². The third-order valence-electron chi connectivity index (χ3n) is 12.0. The topological polar surface area (TPSA) is 53.4 Å². The number of fused-ring (bicyclic) bond motifs is 6. The molecule has 4 aliphatic carbocycles. The van der Waals surface area contributed by atoms with Crippen LogP contribution in [0, 0.1) is 69.6 Å². The first kappa shape index (κ1) is 26.9. The number of thiazole rings is 1. The van der Waals surface area contributed by atoms with Gasteiger partial charge in [0.2, 0.25) is 0 Å². The van der Waals surface area contributed by atoms with E-state index in [0.29, 0.717) is 41.0 Å². The van der Waals surface area contributed by atoms with Crippen LogP contribution in [0.1, 0.15) is 83.6 Å². The molecule has 2 aromatic rings. The van der Waals surface area contributed by atoms with Crippen LogP contribution in [0.25, 0.3) is 10.2 Å². The summed E-state index contributed by atoms with van der Waals surface area (Å²) in [6, 6.07) is 0. The lowest BCUT2D eigenvalue weighted by Gasteiger charge is -2.62. The molecule has 4 fully saturated rings. The predicted octanol–water partition coefficient (Wildman–Crippen LogP) is 7.41. The van der Waals surface area contributed by atoms with Crippen molar-refractivity contribution in [2.75, 3.05) is 0 Å². The van der Waals surface area contributed by atoms with Gasteiger partial charge in [0, 0.05) is 0 Å². The molecule has 3 nitrogen and oxygen atoms in total. The number of aliphatic hydroxyl groups is 2. The second kappa shape index (κ2) is 9.41. The molecular formula is C30H39F4NO2S. The Labute approximate surface area is 226 Å². The fourth-order valence-electron chi connectivity index (χ4n) is 9.88. The smallest absolute Gasteiger partial charge is 0.199 e. The molecule has 6 rings (SSSR count). The summed E-state index contributed by atoms with van der Waals surface area (Å²) < 4.78 is 55.5. The van der Waals surface area contributed by atoms with Crippen molar-refractivity contribution >= 4 is 21.6 Å². The average molecular weight is 554 g/mol. The zero-order valence-electron chi connectivity index (χ0n) is 22.5. The number of aliphatic hydroxyl groups excluding tert-OH is 2. The van der Waals surface area contributed by atoms with Crippen LogP contribution in [0.3, 0.4) is 0 Å². The molecule has 1 unspecified atom stereocenters. The highest BCUT2D eigenvalue weighted by Gasteiger charge is 2.63. The van der Waals surface area contributed by atoms with E-state index in [-0.39, 0.29) is 33.7 Å². The molecule has 0 spiro atoms. The number of aryl methyl sites for hydroxylation is 1. The molecule has 1 aromatic carbocycles. The molecule has 0 amide bonds. The molecule has 2 N–H and O–H groups in total. The van der Waals surface area contributed by atoms with Crippen molar-refractivity contribution in [2.24, 2.45) is 46.3 Å². The lowest BCUT2D eigenvalue weighted by atomic mass is 9.43. The maximum atomic E-state index is 14.2. The van der Waals surface area contributed by atoms with Crippen LogP contribution < -0.4 is 0 Å². The number of hydrogen-bond acceptors (Lipinski definition) is 4. The summed E-state index contributed by atoms with van der Waals surface area (Å²) in [6.07, 6.45) is 8.83. The van der Waals surface area contributed by atoms with E-state index >= 15 is 0 Å². The highest BCUT2D eigenvalue weighted by molar-refractivity contribution is 7.18. The summed E-state index contributed by atoms with van der Waals surface area (Å²) >= 11 is 0.893. The molecule has 10 atom stereocenters. The van der Waals surface area contributed by atoms with E-state index in [1.54, 1.807) is 0 Å². The number of nitrogens with zero attached hydrogens (tertiary/aromatic N) is 1. The van der Waals surface area contributed by atoms with Crippen LogP contribution in [0.15, 0.2) is 0 Å². The summed E-state index contributed by atoms with van der Waals surface area (Å²) in [6.45, 7) is 6.91. The minimum atomic E-state index is -1.82. The van der Waals surface area contributed by atoms with Crippen molar-refractivity contribution < 1.29 is 27.8 Å². The maximum Gasteiger partial charge on any atom is 0.199 e. The van der Waals surface area contributed by atoms with Crippen molar-refractivity contribution in [2.45, 2.75) is 97.2 Å². The zero-order chi connectivity index (χ0) is 27.1. The van der Waals surface area contributed by atoms with Gasteiger partial charge in [-0.15, -0.1) is 11.3 Å². The van der Waals surface area contributed by atoms with Crippen molar-refractivity contribution in [1.29, 1.82) is 0 Å². The van der Waals surface area contributed by atoms with E-state index in [1.165, 1.54) is 12.8 Å². The third-order valence-corrected chi connectivity index (χ3v) is 13.1. The van der Waals surface area contributed by atoms with Crippen LogP contribution in [-0.2, 0) is 6.42 Å². The largest absolute Gasteiger partial charge is 0.393 e. The molecule has 210 valence electrons. The standard InChI is InChI=1S/C30H39F4NO2S/c1-14(4-9-22-35-27-25(33)23(31)24(32)26(34)28(27)38-22)18-7-8-19-17-6-5-15-12-16(36)10-11-29(15,2)20(17)13-21(37)30(18,19)3/h14-21,36-37H,4-13H2,1-3H3/t14?,15-,16-,17+,18-,19+,20+,21+,29+,30-/m1/s1. The first-order valence-electron chi connectivity index (χ1n) is 14.4. The minimum Gasteiger partial charge on any atom is -0.393 e. The molecule has 0 aliphatic heterocycles. The molecule has 8 heteroatoms. The van der Waals surface area contributed by atoms with Gasteiger partial charge in [-0.1, -0.05) is 20.8 Å². The molecular weight excluding hydrogens is 514 g/mol. The summed E-state index contributed by atoms with van der Waals surface area (Å²) in [5.74, 6) is -3.68. The Morgan fingerprint density at radius 1 is 0.921 bits per heavy atom. The van der Waals surface area contributed by atoms with Gasteiger partial charge < -0.3 is 10.2 Å². The number of halogens is 4. The van der Waals surface area contributed by atoms with Crippen LogP contribution in [0.2, 0.25) is 0 Å². The Balaban J connectivity index is 1.19. The van der Waals surface area contributed by atoms with Crippen LogP contribution in [0.5, 0.6) is 0 Å². The van der Waals surface area contributed by atoms with Gasteiger partial charge in [0.15, 0.2) is 23.3 Å².